The molecule has 10 heteroatoms. The SMILES string of the molecule is CN=C(NCCN1CCN(c2ncccn2)CC1)N1CCOC(C2CCCO2)C1.I. The molecule has 0 saturated carbocycles. The van der Waals surface area contributed by atoms with E-state index in [-0.39, 0.29) is 36.2 Å². The average Bonchev–Trinajstić information content (AvgIpc) is 3.33. The first-order valence-corrected chi connectivity index (χ1v) is 10.8. The number of guanidine groups is 1. The summed E-state index contributed by atoms with van der Waals surface area (Å²) in [5.41, 5.74) is 0. The van der Waals surface area contributed by atoms with Crippen LogP contribution in [-0.4, -0.2) is 111 Å². The summed E-state index contributed by atoms with van der Waals surface area (Å²) in [5.74, 6) is 1.80. The van der Waals surface area contributed by atoms with Gasteiger partial charge in [-0.05, 0) is 18.9 Å². The number of halogens is 1. The Morgan fingerprint density at radius 2 is 1.87 bits per heavy atom. The maximum atomic E-state index is 5.96. The lowest BCUT2D eigenvalue weighted by molar-refractivity contribution is -0.0817. The number of nitrogens with one attached hydrogen (secondary N) is 1. The van der Waals surface area contributed by atoms with Gasteiger partial charge in [-0.2, -0.15) is 0 Å². The van der Waals surface area contributed by atoms with E-state index in [1.54, 1.807) is 12.4 Å². The van der Waals surface area contributed by atoms with Crippen molar-refractivity contribution in [2.45, 2.75) is 25.0 Å². The predicted octanol–water partition coefficient (Wildman–Crippen LogP) is 0.672. The molecule has 3 saturated heterocycles. The molecule has 1 aromatic rings. The Balaban J connectivity index is 0.00000256. The van der Waals surface area contributed by atoms with E-state index in [4.69, 9.17) is 9.47 Å². The molecule has 30 heavy (non-hydrogen) atoms. The smallest absolute Gasteiger partial charge is 0.225 e. The number of aromatic nitrogens is 2. The monoisotopic (exact) mass is 531 g/mol. The maximum absolute atomic E-state index is 5.96. The molecular weight excluding hydrogens is 497 g/mol. The Morgan fingerprint density at radius 1 is 1.10 bits per heavy atom. The normalized spacial score (nSPS) is 25.8. The lowest BCUT2D eigenvalue weighted by atomic mass is 10.1. The lowest BCUT2D eigenvalue weighted by Gasteiger charge is -2.37. The molecule has 0 aromatic carbocycles. The molecule has 1 N–H and O–H groups in total. The molecule has 2 atom stereocenters. The molecule has 0 radical (unpaired) electrons. The van der Waals surface area contributed by atoms with Crippen LogP contribution in [0.5, 0.6) is 0 Å². The zero-order chi connectivity index (χ0) is 19.9. The molecule has 0 aliphatic carbocycles. The van der Waals surface area contributed by atoms with Gasteiger partial charge in [0.25, 0.3) is 0 Å². The van der Waals surface area contributed by atoms with Gasteiger partial charge in [0, 0.05) is 78.4 Å². The number of hydrogen-bond donors (Lipinski definition) is 1. The van der Waals surface area contributed by atoms with Crippen LogP contribution in [-0.2, 0) is 9.47 Å². The van der Waals surface area contributed by atoms with Crippen molar-refractivity contribution in [2.75, 3.05) is 77.5 Å². The van der Waals surface area contributed by atoms with Crippen LogP contribution in [0, 0.1) is 0 Å². The summed E-state index contributed by atoms with van der Waals surface area (Å²) in [6.45, 7) is 9.18. The second-order valence-electron chi connectivity index (χ2n) is 7.76. The van der Waals surface area contributed by atoms with E-state index in [1.807, 2.05) is 13.1 Å². The summed E-state index contributed by atoms with van der Waals surface area (Å²) in [6.07, 6.45) is 6.24. The maximum Gasteiger partial charge on any atom is 0.225 e. The fourth-order valence-electron chi connectivity index (χ4n) is 4.27. The van der Waals surface area contributed by atoms with Crippen molar-refractivity contribution in [3.05, 3.63) is 18.5 Å². The molecule has 0 amide bonds. The first kappa shape index (κ1) is 23.4. The fourth-order valence-corrected chi connectivity index (χ4v) is 4.27. The van der Waals surface area contributed by atoms with Gasteiger partial charge in [-0.25, -0.2) is 9.97 Å². The molecule has 4 heterocycles. The van der Waals surface area contributed by atoms with Gasteiger partial charge in [-0.15, -0.1) is 24.0 Å². The summed E-state index contributed by atoms with van der Waals surface area (Å²) < 4.78 is 11.8. The van der Waals surface area contributed by atoms with Crippen molar-refractivity contribution in [2.24, 2.45) is 4.99 Å². The van der Waals surface area contributed by atoms with Gasteiger partial charge in [-0.3, -0.25) is 9.89 Å². The van der Waals surface area contributed by atoms with Crippen LogP contribution < -0.4 is 10.2 Å². The van der Waals surface area contributed by atoms with Crippen LogP contribution in [0.3, 0.4) is 0 Å². The fraction of sp³-hybridized carbons (Fsp3) is 0.750. The minimum atomic E-state index is 0. The molecule has 9 nitrogen and oxygen atoms in total. The summed E-state index contributed by atoms with van der Waals surface area (Å²) in [4.78, 5) is 20.2. The molecule has 4 rings (SSSR count). The van der Waals surface area contributed by atoms with E-state index >= 15 is 0 Å². The van der Waals surface area contributed by atoms with E-state index < -0.39 is 0 Å². The highest BCUT2D eigenvalue weighted by atomic mass is 127. The Bertz CT molecular complexity index is 652. The van der Waals surface area contributed by atoms with E-state index in [2.05, 4.69) is 35.0 Å². The van der Waals surface area contributed by atoms with Crippen LogP contribution >= 0.6 is 24.0 Å². The number of anilines is 1. The first-order valence-electron chi connectivity index (χ1n) is 10.8. The van der Waals surface area contributed by atoms with Crippen LogP contribution in [0.15, 0.2) is 23.5 Å². The first-order chi connectivity index (χ1) is 14.3. The number of morpholine rings is 1. The quantitative estimate of drug-likeness (QED) is 0.338. The van der Waals surface area contributed by atoms with Gasteiger partial charge in [-0.1, -0.05) is 0 Å². The summed E-state index contributed by atoms with van der Waals surface area (Å²) in [5, 5.41) is 3.54. The molecular formula is C20H34IN7O2. The van der Waals surface area contributed by atoms with Crippen LogP contribution in [0.2, 0.25) is 0 Å². The van der Waals surface area contributed by atoms with Gasteiger partial charge >= 0.3 is 0 Å². The third-order valence-electron chi connectivity index (χ3n) is 5.90. The predicted molar refractivity (Wildman–Crippen MR) is 128 cm³/mol. The Labute approximate surface area is 196 Å². The Kier molecular flexibility index (Phi) is 9.34. The standard InChI is InChI=1S/C20H33N7O2.HI/c1-21-19(27-13-15-29-18(16-27)17-4-2-14-28-17)24-7-8-25-9-11-26(12-10-25)20-22-5-3-6-23-20;/h3,5-6,17-18H,2,4,7-16H2,1H3,(H,21,24);1H. The molecule has 3 aliphatic heterocycles. The van der Waals surface area contributed by atoms with Crippen molar-refractivity contribution in [3.8, 4) is 0 Å². The third kappa shape index (κ3) is 6.14. The van der Waals surface area contributed by atoms with Crippen LogP contribution in [0.4, 0.5) is 5.95 Å². The molecule has 168 valence electrons. The highest BCUT2D eigenvalue weighted by Gasteiger charge is 2.32. The number of nitrogens with zero attached hydrogens (tertiary/aromatic N) is 6. The van der Waals surface area contributed by atoms with Crippen molar-refractivity contribution in [1.29, 1.82) is 0 Å². The van der Waals surface area contributed by atoms with Gasteiger partial charge in [0.05, 0.1) is 12.7 Å². The van der Waals surface area contributed by atoms with E-state index in [0.29, 0.717) is 0 Å². The number of rotatable bonds is 5. The Hall–Kier alpha value is -1.24. The zero-order valence-corrected chi connectivity index (χ0v) is 20.1. The number of ether oxygens (including phenoxy) is 2. The number of aliphatic imine (C=N–C) groups is 1. The summed E-state index contributed by atoms with van der Waals surface area (Å²) in [7, 11) is 1.86. The van der Waals surface area contributed by atoms with Gasteiger partial charge < -0.3 is 24.6 Å². The second kappa shape index (κ2) is 12.0. The molecule has 3 fully saturated rings. The van der Waals surface area contributed by atoms with Crippen molar-refractivity contribution < 1.29 is 9.47 Å². The number of piperazine rings is 1. The highest BCUT2D eigenvalue weighted by molar-refractivity contribution is 14.0. The minimum Gasteiger partial charge on any atom is -0.375 e. The van der Waals surface area contributed by atoms with E-state index in [1.165, 1.54) is 0 Å². The van der Waals surface area contributed by atoms with E-state index in [9.17, 15) is 0 Å². The molecule has 1 aromatic heterocycles. The van der Waals surface area contributed by atoms with Crippen molar-refractivity contribution >= 4 is 35.9 Å². The largest absolute Gasteiger partial charge is 0.375 e. The lowest BCUT2D eigenvalue weighted by Crippen LogP contribution is -2.54. The van der Waals surface area contributed by atoms with Crippen molar-refractivity contribution in [3.63, 3.8) is 0 Å². The minimum absolute atomic E-state index is 0. The van der Waals surface area contributed by atoms with Gasteiger partial charge in [0.2, 0.25) is 5.95 Å². The zero-order valence-electron chi connectivity index (χ0n) is 17.8. The average molecular weight is 531 g/mol. The van der Waals surface area contributed by atoms with E-state index in [0.717, 1.165) is 90.3 Å². The topological polar surface area (TPSA) is 78.4 Å². The molecule has 3 aliphatic rings. The van der Waals surface area contributed by atoms with Crippen molar-refractivity contribution in [1.82, 2.24) is 25.1 Å². The molecule has 0 bridgehead atoms. The van der Waals surface area contributed by atoms with Crippen LogP contribution in [0.25, 0.3) is 0 Å². The van der Waals surface area contributed by atoms with Gasteiger partial charge in [0.1, 0.15) is 6.10 Å². The molecule has 0 spiro atoms. The summed E-state index contributed by atoms with van der Waals surface area (Å²) in [6, 6.07) is 1.86. The van der Waals surface area contributed by atoms with Gasteiger partial charge in [0.15, 0.2) is 5.96 Å². The second-order valence-corrected chi connectivity index (χ2v) is 7.76. The number of hydrogen-bond acceptors (Lipinski definition) is 7. The third-order valence-corrected chi connectivity index (χ3v) is 5.90. The van der Waals surface area contributed by atoms with Crippen LogP contribution in [0.1, 0.15) is 12.8 Å². The Morgan fingerprint density at radius 3 is 2.57 bits per heavy atom. The highest BCUT2D eigenvalue weighted by Crippen LogP contribution is 2.21. The summed E-state index contributed by atoms with van der Waals surface area (Å²) >= 11 is 0. The molecule has 2 unspecified atom stereocenters.